The highest BCUT2D eigenvalue weighted by Crippen LogP contribution is 2.32. The smallest absolute Gasteiger partial charge is 0.140 e. The molecule has 0 unspecified atom stereocenters. The van der Waals surface area contributed by atoms with Crippen molar-refractivity contribution in [3.8, 4) is 0 Å². The molecule has 12 heavy (non-hydrogen) atoms. The van der Waals surface area contributed by atoms with Gasteiger partial charge in [-0.25, -0.2) is 0 Å². The van der Waals surface area contributed by atoms with Crippen molar-refractivity contribution in [1.29, 1.82) is 0 Å². The summed E-state index contributed by atoms with van der Waals surface area (Å²) in [5.74, 6) is 1.79. The van der Waals surface area contributed by atoms with Gasteiger partial charge >= 0.3 is 0 Å². The van der Waals surface area contributed by atoms with Crippen LogP contribution < -0.4 is 0 Å². The third-order valence-electron chi connectivity index (χ3n) is 2.16. The lowest BCUT2D eigenvalue weighted by molar-refractivity contribution is -0.119. The lowest BCUT2D eigenvalue weighted by Crippen LogP contribution is -2.02. The van der Waals surface area contributed by atoms with Gasteiger partial charge in [0.25, 0.3) is 0 Å². The zero-order valence-electron chi connectivity index (χ0n) is 6.95. The van der Waals surface area contributed by atoms with Crippen LogP contribution in [0.3, 0.4) is 0 Å². The predicted molar refractivity (Wildman–Crippen MR) is 44.8 cm³/mol. The van der Waals surface area contributed by atoms with Crippen LogP contribution in [0.25, 0.3) is 0 Å². The summed E-state index contributed by atoms with van der Waals surface area (Å²) in [6.07, 6.45) is 5.32. The lowest BCUT2D eigenvalue weighted by Gasteiger charge is -1.94. The Kier molecular flexibility index (Phi) is 1.98. The monoisotopic (exact) mass is 164 g/mol. The Morgan fingerprint density at radius 3 is 3.00 bits per heavy atom. The number of furan rings is 1. The molecule has 1 aliphatic carbocycles. The maximum Gasteiger partial charge on any atom is 0.140 e. The zero-order valence-corrected chi connectivity index (χ0v) is 6.95. The van der Waals surface area contributed by atoms with Crippen LogP contribution in [-0.2, 0) is 11.2 Å². The summed E-state index contributed by atoms with van der Waals surface area (Å²) < 4.78 is 5.09. The molecule has 2 heteroatoms. The highest BCUT2D eigenvalue weighted by atomic mass is 16.3. The molecule has 0 bridgehead atoms. The van der Waals surface area contributed by atoms with E-state index in [1.807, 2.05) is 12.1 Å². The van der Waals surface area contributed by atoms with Gasteiger partial charge in [-0.3, -0.25) is 4.79 Å². The van der Waals surface area contributed by atoms with E-state index < -0.39 is 0 Å². The summed E-state index contributed by atoms with van der Waals surface area (Å²) in [6.45, 7) is 0. The van der Waals surface area contributed by atoms with Crippen LogP contribution >= 0.6 is 0 Å². The molecular weight excluding hydrogens is 152 g/mol. The third kappa shape index (κ3) is 1.97. The molecule has 2 rings (SSSR count). The molecule has 1 fully saturated rings. The van der Waals surface area contributed by atoms with E-state index in [1.165, 1.54) is 12.8 Å². The molecular formula is C10H12O2. The number of Topliss-reactive ketones (excluding diaryl/α,β-unsaturated/α-hetero) is 1. The van der Waals surface area contributed by atoms with Gasteiger partial charge in [0.2, 0.25) is 0 Å². The van der Waals surface area contributed by atoms with E-state index >= 15 is 0 Å². The van der Waals surface area contributed by atoms with Gasteiger partial charge in [-0.2, -0.15) is 0 Å². The van der Waals surface area contributed by atoms with Crippen molar-refractivity contribution in [1.82, 2.24) is 0 Å². The summed E-state index contributed by atoms with van der Waals surface area (Å²) in [5.41, 5.74) is 0. The average Bonchev–Trinajstić information content (AvgIpc) is 2.66. The van der Waals surface area contributed by atoms with Crippen LogP contribution in [0.1, 0.15) is 25.0 Å². The molecule has 0 aromatic carbocycles. The fourth-order valence-electron chi connectivity index (χ4n) is 1.32. The number of rotatable bonds is 4. The van der Waals surface area contributed by atoms with Gasteiger partial charge in [-0.05, 0) is 30.9 Å². The minimum atomic E-state index is 0.312. The van der Waals surface area contributed by atoms with Gasteiger partial charge in [-0.15, -0.1) is 0 Å². The van der Waals surface area contributed by atoms with Crippen molar-refractivity contribution in [2.24, 2.45) is 5.92 Å². The van der Waals surface area contributed by atoms with Gasteiger partial charge in [0.05, 0.1) is 12.7 Å². The molecule has 0 atom stereocenters. The summed E-state index contributed by atoms with van der Waals surface area (Å²) in [5, 5.41) is 0. The predicted octanol–water partition coefficient (Wildman–Crippen LogP) is 2.19. The molecule has 0 N–H and O–H groups in total. The molecule has 2 nitrogen and oxygen atoms in total. The van der Waals surface area contributed by atoms with E-state index in [4.69, 9.17) is 4.42 Å². The lowest BCUT2D eigenvalue weighted by atomic mass is 10.1. The fourth-order valence-corrected chi connectivity index (χ4v) is 1.32. The van der Waals surface area contributed by atoms with Gasteiger partial charge in [-0.1, -0.05) is 0 Å². The number of carbonyl (C=O) groups is 1. The molecule has 1 aliphatic rings. The normalized spacial score (nSPS) is 16.3. The van der Waals surface area contributed by atoms with Crippen LogP contribution in [0.5, 0.6) is 0 Å². The molecule has 1 saturated carbocycles. The minimum absolute atomic E-state index is 0.312. The first kappa shape index (κ1) is 7.59. The van der Waals surface area contributed by atoms with E-state index in [-0.39, 0.29) is 0 Å². The summed E-state index contributed by atoms with van der Waals surface area (Å²) in [4.78, 5) is 11.3. The first-order valence-corrected chi connectivity index (χ1v) is 4.38. The maximum atomic E-state index is 11.3. The van der Waals surface area contributed by atoms with Gasteiger partial charge < -0.3 is 4.42 Å². The Labute approximate surface area is 71.6 Å². The van der Waals surface area contributed by atoms with E-state index in [1.54, 1.807) is 6.26 Å². The summed E-state index contributed by atoms with van der Waals surface area (Å²) in [7, 11) is 0. The maximum absolute atomic E-state index is 11.3. The topological polar surface area (TPSA) is 30.2 Å². The third-order valence-corrected chi connectivity index (χ3v) is 2.16. The van der Waals surface area contributed by atoms with Crippen molar-refractivity contribution in [3.05, 3.63) is 24.2 Å². The average molecular weight is 164 g/mol. The Morgan fingerprint density at radius 1 is 1.58 bits per heavy atom. The number of hydrogen-bond donors (Lipinski definition) is 0. The molecule has 0 aliphatic heterocycles. The SMILES string of the molecule is O=C(Cc1ccco1)CC1CC1. The van der Waals surface area contributed by atoms with E-state index in [9.17, 15) is 4.79 Å². The Hall–Kier alpha value is -1.05. The van der Waals surface area contributed by atoms with Crippen molar-refractivity contribution < 1.29 is 9.21 Å². The molecule has 64 valence electrons. The van der Waals surface area contributed by atoms with Crippen LogP contribution in [0, 0.1) is 5.92 Å². The van der Waals surface area contributed by atoms with Crippen LogP contribution in [0.4, 0.5) is 0 Å². The summed E-state index contributed by atoms with van der Waals surface area (Å²) in [6, 6.07) is 3.67. The molecule has 0 amide bonds. The fraction of sp³-hybridized carbons (Fsp3) is 0.500. The highest BCUT2D eigenvalue weighted by molar-refractivity contribution is 5.80. The molecule has 1 aromatic heterocycles. The van der Waals surface area contributed by atoms with Crippen LogP contribution in [0.2, 0.25) is 0 Å². The largest absolute Gasteiger partial charge is 0.469 e. The van der Waals surface area contributed by atoms with Crippen molar-refractivity contribution in [2.75, 3.05) is 0 Å². The first-order chi connectivity index (χ1) is 5.84. The second-order valence-corrected chi connectivity index (χ2v) is 3.44. The van der Waals surface area contributed by atoms with Crippen molar-refractivity contribution in [3.63, 3.8) is 0 Å². The zero-order chi connectivity index (χ0) is 8.39. The number of ketones is 1. The number of hydrogen-bond acceptors (Lipinski definition) is 2. The van der Waals surface area contributed by atoms with Crippen LogP contribution in [0.15, 0.2) is 22.8 Å². The molecule has 0 radical (unpaired) electrons. The Balaban J connectivity index is 1.82. The number of carbonyl (C=O) groups excluding carboxylic acids is 1. The van der Waals surface area contributed by atoms with Gasteiger partial charge in [0, 0.05) is 6.42 Å². The van der Waals surface area contributed by atoms with E-state index in [2.05, 4.69) is 0 Å². The molecule has 0 saturated heterocycles. The van der Waals surface area contributed by atoms with Crippen molar-refractivity contribution >= 4 is 5.78 Å². The molecule has 0 spiro atoms. The summed E-state index contributed by atoms with van der Waals surface area (Å²) >= 11 is 0. The molecule has 1 aromatic rings. The van der Waals surface area contributed by atoms with Gasteiger partial charge in [0.15, 0.2) is 0 Å². The van der Waals surface area contributed by atoms with Crippen molar-refractivity contribution in [2.45, 2.75) is 25.7 Å². The molecule has 1 heterocycles. The standard InChI is InChI=1S/C10H12O2/c11-9(6-8-3-4-8)7-10-2-1-5-12-10/h1-2,5,8H,3-4,6-7H2. The highest BCUT2D eigenvalue weighted by Gasteiger charge is 2.24. The Bertz CT molecular complexity index is 257. The minimum Gasteiger partial charge on any atom is -0.469 e. The second-order valence-electron chi connectivity index (χ2n) is 3.44. The quantitative estimate of drug-likeness (QED) is 0.682. The van der Waals surface area contributed by atoms with Crippen LogP contribution in [-0.4, -0.2) is 5.78 Å². The second kappa shape index (κ2) is 3.13. The first-order valence-electron chi connectivity index (χ1n) is 4.38. The van der Waals surface area contributed by atoms with Gasteiger partial charge in [0.1, 0.15) is 11.5 Å². The Morgan fingerprint density at radius 2 is 2.42 bits per heavy atom. The van der Waals surface area contributed by atoms with E-state index in [0.29, 0.717) is 18.1 Å². The van der Waals surface area contributed by atoms with E-state index in [0.717, 1.165) is 12.2 Å².